The van der Waals surface area contributed by atoms with E-state index in [2.05, 4.69) is 155 Å². The number of thioether (sulfide) groups is 4. The van der Waals surface area contributed by atoms with Gasteiger partial charge in [-0.05, 0) is 90.9 Å². The number of hydrogen-bond donors (Lipinski definition) is 10. The Kier molecular flexibility index (Phi) is 38.5. The van der Waals surface area contributed by atoms with Crippen LogP contribution in [0.2, 0.25) is 0 Å². The van der Waals surface area contributed by atoms with Crippen molar-refractivity contribution in [2.75, 3.05) is 50.3 Å². The van der Waals surface area contributed by atoms with Gasteiger partial charge in [-0.3, -0.25) is 0 Å². The molecule has 0 saturated heterocycles. The highest BCUT2D eigenvalue weighted by atomic mass is 32.2. The molecule has 0 fully saturated rings. The van der Waals surface area contributed by atoms with Crippen molar-refractivity contribution < 1.29 is 9.47 Å². The second kappa shape index (κ2) is 43.8. The zero-order valence-corrected chi connectivity index (χ0v) is 44.0. The molecule has 10 rings (SSSR count). The molecule has 378 valence electrons. The lowest BCUT2D eigenvalue weighted by Gasteiger charge is -2.09. The third kappa shape index (κ3) is 41.7. The molecular weight excluding hydrogens is 949 g/mol. The summed E-state index contributed by atoms with van der Waals surface area (Å²) in [6.45, 7) is 41.2. The molecule has 0 aromatic carbocycles. The van der Waals surface area contributed by atoms with Crippen molar-refractivity contribution in [2.45, 2.75) is 25.7 Å². The third-order valence-electron chi connectivity index (χ3n) is 8.14. The van der Waals surface area contributed by atoms with Crippen molar-refractivity contribution in [2.24, 2.45) is 0 Å². The van der Waals surface area contributed by atoms with Gasteiger partial charge in [0.15, 0.2) is 12.6 Å². The smallest absolute Gasteiger partial charge is 0.185 e. The average molecular weight is 1030 g/mol. The van der Waals surface area contributed by atoms with E-state index >= 15 is 0 Å². The van der Waals surface area contributed by atoms with Crippen molar-refractivity contribution in [3.05, 3.63) is 254 Å². The predicted molar refractivity (Wildman–Crippen MR) is 313 cm³/mol. The third-order valence-corrected chi connectivity index (χ3v) is 11.2. The SMILES string of the molecule is C=C1C=CC=CN1.C=C1C=CCCN1.C=C1C=COCN1.C=C1C=CSCN1.C=C1CC=CCN1.C=C1CCC=CN1.C=C1CSC=CN1.C=C1NC=CCS1.C=C1NCC=CO1.C=C1NCC=CS1. The van der Waals surface area contributed by atoms with Crippen LogP contribution in [-0.2, 0) is 9.47 Å². The minimum absolute atomic E-state index is 0.551. The Bertz CT molecular complexity index is 1750. The molecule has 0 aromatic rings. The van der Waals surface area contributed by atoms with Gasteiger partial charge < -0.3 is 62.6 Å². The monoisotopic (exact) mass is 1020 g/mol. The van der Waals surface area contributed by atoms with E-state index in [1.807, 2.05) is 77.5 Å². The van der Waals surface area contributed by atoms with E-state index in [9.17, 15) is 0 Å². The second-order valence-electron chi connectivity index (χ2n) is 14.2. The van der Waals surface area contributed by atoms with E-state index < -0.39 is 0 Å². The first kappa shape index (κ1) is 61.6. The van der Waals surface area contributed by atoms with Gasteiger partial charge in [0.05, 0.1) is 28.5 Å². The molecule has 0 bridgehead atoms. The second-order valence-corrected chi connectivity index (χ2v) is 18.1. The van der Waals surface area contributed by atoms with Gasteiger partial charge in [-0.2, -0.15) is 0 Å². The van der Waals surface area contributed by atoms with Crippen LogP contribution in [0, 0.1) is 0 Å². The molecule has 10 heterocycles. The predicted octanol–water partition coefficient (Wildman–Crippen LogP) is 11.1. The first-order valence-corrected chi connectivity index (χ1v) is 26.3. The lowest BCUT2D eigenvalue weighted by molar-refractivity contribution is 0.223. The number of ether oxygens (including phenoxy) is 2. The molecule has 0 aliphatic carbocycles. The van der Waals surface area contributed by atoms with Gasteiger partial charge in [0, 0.05) is 96.4 Å². The normalized spacial score (nSPS) is 18.7. The summed E-state index contributed by atoms with van der Waals surface area (Å²) >= 11 is 6.86. The maximum Gasteiger partial charge on any atom is 0.185 e. The highest BCUT2D eigenvalue weighted by Crippen LogP contribution is 2.14. The van der Waals surface area contributed by atoms with E-state index in [0.29, 0.717) is 12.6 Å². The van der Waals surface area contributed by atoms with Crippen LogP contribution >= 0.6 is 47.0 Å². The molecule has 16 heteroatoms. The lowest BCUT2D eigenvalue weighted by Crippen LogP contribution is -2.16. The summed E-state index contributed by atoms with van der Waals surface area (Å²) in [6.07, 6.45) is 41.2. The van der Waals surface area contributed by atoms with Gasteiger partial charge in [-0.25, -0.2) is 0 Å². The molecule has 12 nitrogen and oxygen atoms in total. The maximum atomic E-state index is 4.79. The largest absolute Gasteiger partial charge is 0.481 e. The number of nitrogens with one attached hydrogen (secondary N) is 10. The van der Waals surface area contributed by atoms with Crippen molar-refractivity contribution >= 4 is 47.0 Å². The molecule has 10 aliphatic heterocycles. The van der Waals surface area contributed by atoms with Crippen LogP contribution in [0.1, 0.15) is 25.7 Å². The van der Waals surface area contributed by atoms with Crippen LogP contribution in [0.4, 0.5) is 0 Å². The molecule has 10 N–H and O–H groups in total. The molecule has 70 heavy (non-hydrogen) atoms. The molecule has 10 aliphatic rings. The quantitative estimate of drug-likeness (QED) is 0.105. The molecule has 0 radical (unpaired) electrons. The van der Waals surface area contributed by atoms with E-state index in [4.69, 9.17) is 9.47 Å². The van der Waals surface area contributed by atoms with Crippen LogP contribution in [0.25, 0.3) is 0 Å². The molecule has 0 unspecified atom stereocenters. The number of allylic oxidation sites excluding steroid dienone is 9. The van der Waals surface area contributed by atoms with Crippen LogP contribution in [0.3, 0.4) is 0 Å². The summed E-state index contributed by atoms with van der Waals surface area (Å²) in [4.78, 5) is 0. The van der Waals surface area contributed by atoms with E-state index in [-0.39, 0.29) is 0 Å². The minimum atomic E-state index is 0.551. The molecule has 0 spiro atoms. The standard InChI is InChI=1S/3C6H9N.C6H7N.2C5H7NO.4C5H7NS/c4*1-6-4-2-3-5-7-6;1-5-2-3-7-4-6-5;1-5-6-3-2-4-7-5;1-5-4-7-3-2-6-5;1-5-2-3-7-4-6-5;2*1-5-6-3-2-4-7-5/h3,5,7H,1-2,4H2;2,4,7H,1,3,5H2;2-3,7H,1,4-5H2;2-5,7H,1H2;2-3,6H,1,4H2;2,4,6H,1,3H2;2*2-3,6H,1,4H2;2,4,6H,1,3H2;2-3,6H,1,4H2. The Balaban J connectivity index is 0.000000389. The zero-order valence-electron chi connectivity index (χ0n) is 40.7. The fourth-order valence-corrected chi connectivity index (χ4v) is 6.75. The summed E-state index contributed by atoms with van der Waals surface area (Å²) in [6, 6.07) is 0. The van der Waals surface area contributed by atoms with Crippen molar-refractivity contribution in [3.8, 4) is 0 Å². The summed E-state index contributed by atoms with van der Waals surface area (Å²) < 4.78 is 9.58. The summed E-state index contributed by atoms with van der Waals surface area (Å²) in [7, 11) is 0. The molecule has 0 saturated carbocycles. The molecule has 0 atom stereocenters. The van der Waals surface area contributed by atoms with Gasteiger partial charge in [0.1, 0.15) is 0 Å². The topological polar surface area (TPSA) is 139 Å². The number of hydrogen-bond acceptors (Lipinski definition) is 16. The average Bonchev–Trinajstić information content (AvgIpc) is 3.38. The van der Waals surface area contributed by atoms with Crippen LogP contribution in [0.15, 0.2) is 254 Å². The van der Waals surface area contributed by atoms with E-state index in [0.717, 1.165) is 119 Å². The lowest BCUT2D eigenvalue weighted by atomic mass is 10.2. The van der Waals surface area contributed by atoms with Crippen molar-refractivity contribution in [1.29, 1.82) is 0 Å². The van der Waals surface area contributed by atoms with Gasteiger partial charge in [-0.15, -0.1) is 35.3 Å². The Hall–Kier alpha value is -6.46. The van der Waals surface area contributed by atoms with Crippen molar-refractivity contribution in [1.82, 2.24) is 53.2 Å². The van der Waals surface area contributed by atoms with E-state index in [1.54, 1.807) is 65.6 Å². The maximum absolute atomic E-state index is 4.79. The minimum Gasteiger partial charge on any atom is -0.481 e. The Morgan fingerprint density at radius 3 is 1.54 bits per heavy atom. The number of dihydropyridines is 1. The van der Waals surface area contributed by atoms with Crippen LogP contribution in [0.5, 0.6) is 0 Å². The van der Waals surface area contributed by atoms with Crippen molar-refractivity contribution in [3.63, 3.8) is 0 Å². The fourth-order valence-electron chi connectivity index (χ4n) is 4.51. The first-order chi connectivity index (χ1) is 33.9. The number of rotatable bonds is 0. The summed E-state index contributed by atoms with van der Waals surface area (Å²) in [5.41, 5.74) is 7.25. The Morgan fingerprint density at radius 2 is 1.26 bits per heavy atom. The van der Waals surface area contributed by atoms with Crippen LogP contribution < -0.4 is 53.2 Å². The molecular formula is C54H76N10O2S4. The van der Waals surface area contributed by atoms with Gasteiger partial charge in [0.25, 0.3) is 0 Å². The van der Waals surface area contributed by atoms with Gasteiger partial charge in [-0.1, -0.05) is 114 Å². The van der Waals surface area contributed by atoms with Gasteiger partial charge in [0.2, 0.25) is 0 Å². The zero-order chi connectivity index (χ0) is 51.1. The fraction of sp³-hybridized carbons (Fsp3) is 0.222. The summed E-state index contributed by atoms with van der Waals surface area (Å²) in [5, 5.41) is 38.2. The molecule has 0 aromatic heterocycles. The molecule has 0 amide bonds. The Labute approximate surface area is 437 Å². The summed E-state index contributed by atoms with van der Waals surface area (Å²) in [5.74, 6) is 3.67. The Morgan fingerprint density at radius 1 is 0.486 bits per heavy atom. The van der Waals surface area contributed by atoms with Crippen LogP contribution in [-0.4, -0.2) is 50.3 Å². The highest BCUT2D eigenvalue weighted by Gasteiger charge is 1.96. The first-order valence-electron chi connectivity index (χ1n) is 22.3. The highest BCUT2D eigenvalue weighted by molar-refractivity contribution is 8.05. The van der Waals surface area contributed by atoms with E-state index in [1.165, 1.54) is 0 Å². The van der Waals surface area contributed by atoms with Gasteiger partial charge >= 0.3 is 0 Å².